The van der Waals surface area contributed by atoms with E-state index in [2.05, 4.69) is 47.6 Å². The van der Waals surface area contributed by atoms with Gasteiger partial charge in [-0.2, -0.15) is 0 Å². The van der Waals surface area contributed by atoms with Crippen LogP contribution in [-0.4, -0.2) is 17.1 Å². The Balaban J connectivity index is 1.69. The van der Waals surface area contributed by atoms with Crippen LogP contribution in [-0.2, 0) is 6.42 Å². The van der Waals surface area contributed by atoms with Gasteiger partial charge in [0, 0.05) is 27.9 Å². The molecule has 0 aliphatic heterocycles. The number of anilines is 1. The smallest absolute Gasteiger partial charge is 0.256 e. The lowest BCUT2D eigenvalue weighted by Crippen LogP contribution is -2.13. The third-order valence-corrected chi connectivity index (χ3v) is 6.47. The van der Waals surface area contributed by atoms with E-state index in [-0.39, 0.29) is 5.91 Å². The second kappa shape index (κ2) is 10.7. The lowest BCUT2D eigenvalue weighted by Gasteiger charge is -2.14. The Kier molecular flexibility index (Phi) is 7.48. The van der Waals surface area contributed by atoms with Crippen molar-refractivity contribution in [3.63, 3.8) is 0 Å². The van der Waals surface area contributed by atoms with Crippen LogP contribution in [0.4, 0.5) is 5.69 Å². The van der Waals surface area contributed by atoms with Gasteiger partial charge in [0.15, 0.2) is 0 Å². The minimum absolute atomic E-state index is 0.159. The SMILES string of the molecule is CCCc1cccc(-c2cc(SC)ccc2C(=O)Nc2ccc(Cl)c(-c3ccccn3)c2)c1. The molecule has 4 rings (SSSR count). The first-order valence-electron chi connectivity index (χ1n) is 10.9. The van der Waals surface area contributed by atoms with Crippen LogP contribution in [0.5, 0.6) is 0 Å². The van der Waals surface area contributed by atoms with E-state index < -0.39 is 0 Å². The molecule has 0 fully saturated rings. The van der Waals surface area contributed by atoms with Crippen molar-refractivity contribution in [2.75, 3.05) is 11.6 Å². The van der Waals surface area contributed by atoms with Crippen molar-refractivity contribution in [1.82, 2.24) is 4.98 Å². The Morgan fingerprint density at radius 1 is 0.970 bits per heavy atom. The number of thioether (sulfide) groups is 1. The summed E-state index contributed by atoms with van der Waals surface area (Å²) in [4.78, 5) is 18.9. The van der Waals surface area contributed by atoms with Crippen LogP contribution < -0.4 is 5.32 Å². The number of amides is 1. The summed E-state index contributed by atoms with van der Waals surface area (Å²) in [6.45, 7) is 2.17. The van der Waals surface area contributed by atoms with E-state index >= 15 is 0 Å². The van der Waals surface area contributed by atoms with Gasteiger partial charge in [-0.05, 0) is 77.9 Å². The Bertz CT molecular complexity index is 1270. The van der Waals surface area contributed by atoms with E-state index in [4.69, 9.17) is 11.6 Å². The summed E-state index contributed by atoms with van der Waals surface area (Å²) in [6, 6.07) is 25.6. The number of aromatic nitrogens is 1. The Morgan fingerprint density at radius 2 is 1.85 bits per heavy atom. The number of benzene rings is 3. The molecule has 3 nitrogen and oxygen atoms in total. The molecule has 166 valence electrons. The molecule has 1 aromatic heterocycles. The predicted octanol–water partition coefficient (Wildman–Crippen LogP) is 8.00. The van der Waals surface area contributed by atoms with E-state index in [0.29, 0.717) is 16.3 Å². The van der Waals surface area contributed by atoms with Gasteiger partial charge in [-0.1, -0.05) is 55.3 Å². The van der Waals surface area contributed by atoms with Crippen molar-refractivity contribution in [2.24, 2.45) is 0 Å². The molecule has 0 bridgehead atoms. The zero-order valence-corrected chi connectivity index (χ0v) is 20.2. The first kappa shape index (κ1) is 23.1. The van der Waals surface area contributed by atoms with E-state index in [9.17, 15) is 4.79 Å². The molecule has 33 heavy (non-hydrogen) atoms. The number of nitrogens with one attached hydrogen (secondary N) is 1. The molecular formula is C28H25ClN2OS. The number of carbonyl (C=O) groups is 1. The second-order valence-corrected chi connectivity index (χ2v) is 9.01. The molecule has 1 N–H and O–H groups in total. The molecule has 0 aliphatic rings. The zero-order chi connectivity index (χ0) is 23.2. The standard InChI is InChI=1S/C28H25ClN2OS/c1-3-7-19-8-6-9-20(16-19)24-18-22(33-2)12-13-23(24)28(32)31-21-11-14-26(29)25(17-21)27-10-4-5-15-30-27/h4-6,8-18H,3,7H2,1-2H3,(H,31,32). The first-order valence-corrected chi connectivity index (χ1v) is 12.5. The fourth-order valence-corrected chi connectivity index (χ4v) is 4.44. The maximum atomic E-state index is 13.4. The summed E-state index contributed by atoms with van der Waals surface area (Å²) >= 11 is 8.07. The summed E-state index contributed by atoms with van der Waals surface area (Å²) in [7, 11) is 0. The van der Waals surface area contributed by atoms with Gasteiger partial charge in [-0.25, -0.2) is 0 Å². The zero-order valence-electron chi connectivity index (χ0n) is 18.6. The Labute approximate surface area is 204 Å². The van der Waals surface area contributed by atoms with Crippen LogP contribution in [0.1, 0.15) is 29.3 Å². The summed E-state index contributed by atoms with van der Waals surface area (Å²) in [5, 5.41) is 3.64. The van der Waals surface area contributed by atoms with Crippen molar-refractivity contribution in [3.8, 4) is 22.4 Å². The number of carbonyl (C=O) groups excluding carboxylic acids is 1. The maximum Gasteiger partial charge on any atom is 0.256 e. The molecule has 0 saturated heterocycles. The highest BCUT2D eigenvalue weighted by molar-refractivity contribution is 7.98. The van der Waals surface area contributed by atoms with Gasteiger partial charge in [-0.15, -0.1) is 11.8 Å². The molecule has 5 heteroatoms. The van der Waals surface area contributed by atoms with Gasteiger partial charge in [0.2, 0.25) is 0 Å². The molecule has 0 atom stereocenters. The van der Waals surface area contributed by atoms with Gasteiger partial charge in [-0.3, -0.25) is 9.78 Å². The average Bonchev–Trinajstić information content (AvgIpc) is 2.85. The summed E-state index contributed by atoms with van der Waals surface area (Å²) in [6.07, 6.45) is 5.86. The van der Waals surface area contributed by atoms with Gasteiger partial charge < -0.3 is 5.32 Å². The van der Waals surface area contributed by atoms with E-state index in [1.165, 1.54) is 5.56 Å². The monoisotopic (exact) mass is 472 g/mol. The molecule has 1 heterocycles. The number of pyridine rings is 1. The molecule has 0 spiro atoms. The van der Waals surface area contributed by atoms with Crippen LogP contribution in [0, 0.1) is 0 Å². The van der Waals surface area contributed by atoms with Gasteiger partial charge in [0.25, 0.3) is 5.91 Å². The summed E-state index contributed by atoms with van der Waals surface area (Å²) in [5.41, 5.74) is 6.09. The quantitative estimate of drug-likeness (QED) is 0.277. The van der Waals surface area contributed by atoms with E-state index in [0.717, 1.165) is 40.1 Å². The van der Waals surface area contributed by atoms with Gasteiger partial charge in [0.05, 0.1) is 10.7 Å². The number of nitrogens with zero attached hydrogens (tertiary/aromatic N) is 1. The van der Waals surface area contributed by atoms with E-state index in [1.54, 1.807) is 24.0 Å². The summed E-state index contributed by atoms with van der Waals surface area (Å²) in [5.74, 6) is -0.159. The van der Waals surface area contributed by atoms with Crippen LogP contribution in [0.15, 0.2) is 90.0 Å². The van der Waals surface area contributed by atoms with Crippen molar-refractivity contribution >= 4 is 35.0 Å². The van der Waals surface area contributed by atoms with E-state index in [1.807, 2.05) is 48.7 Å². The van der Waals surface area contributed by atoms with Crippen molar-refractivity contribution in [2.45, 2.75) is 24.7 Å². The Hall–Kier alpha value is -3.08. The number of halogens is 1. The summed E-state index contributed by atoms with van der Waals surface area (Å²) < 4.78 is 0. The fourth-order valence-electron chi connectivity index (χ4n) is 3.79. The fraction of sp³-hybridized carbons (Fsp3) is 0.143. The molecule has 0 radical (unpaired) electrons. The molecule has 1 amide bonds. The molecule has 0 unspecified atom stereocenters. The average molecular weight is 473 g/mol. The van der Waals surface area contributed by atoms with Crippen LogP contribution in [0.2, 0.25) is 5.02 Å². The van der Waals surface area contributed by atoms with Crippen LogP contribution in [0.25, 0.3) is 22.4 Å². The number of rotatable bonds is 7. The first-order chi connectivity index (χ1) is 16.1. The Morgan fingerprint density at radius 3 is 2.61 bits per heavy atom. The van der Waals surface area contributed by atoms with Gasteiger partial charge in [0.1, 0.15) is 0 Å². The normalized spacial score (nSPS) is 10.8. The molecule has 4 aromatic rings. The number of hydrogen-bond acceptors (Lipinski definition) is 3. The number of aryl methyl sites for hydroxylation is 1. The minimum Gasteiger partial charge on any atom is -0.322 e. The van der Waals surface area contributed by atoms with Crippen molar-refractivity contribution in [3.05, 3.63) is 101 Å². The van der Waals surface area contributed by atoms with Crippen LogP contribution in [0.3, 0.4) is 0 Å². The maximum absolute atomic E-state index is 13.4. The largest absolute Gasteiger partial charge is 0.322 e. The minimum atomic E-state index is -0.159. The van der Waals surface area contributed by atoms with Gasteiger partial charge >= 0.3 is 0 Å². The molecule has 3 aromatic carbocycles. The molecule has 0 aliphatic carbocycles. The topological polar surface area (TPSA) is 42.0 Å². The lowest BCUT2D eigenvalue weighted by atomic mass is 9.96. The van der Waals surface area contributed by atoms with Crippen LogP contribution >= 0.6 is 23.4 Å². The second-order valence-electron chi connectivity index (χ2n) is 7.73. The highest BCUT2D eigenvalue weighted by atomic mass is 35.5. The van der Waals surface area contributed by atoms with Crippen molar-refractivity contribution in [1.29, 1.82) is 0 Å². The number of hydrogen-bond donors (Lipinski definition) is 1. The third-order valence-electron chi connectivity index (χ3n) is 5.41. The lowest BCUT2D eigenvalue weighted by molar-refractivity contribution is 0.102. The predicted molar refractivity (Wildman–Crippen MR) is 140 cm³/mol. The highest BCUT2D eigenvalue weighted by Crippen LogP contribution is 2.32. The van der Waals surface area contributed by atoms with Crippen molar-refractivity contribution < 1.29 is 4.79 Å². The highest BCUT2D eigenvalue weighted by Gasteiger charge is 2.16. The molecule has 0 saturated carbocycles. The third kappa shape index (κ3) is 5.47. The molecular weight excluding hydrogens is 448 g/mol.